The molecule has 22 heavy (non-hydrogen) atoms. The molecule has 2 rings (SSSR count). The smallest absolute Gasteiger partial charge is 0.416 e. The highest BCUT2D eigenvalue weighted by Gasteiger charge is 2.37. The SMILES string of the molecule is COC(=O)CNC1(c2cccc(C(F)(F)F)c2)CCOCC1. The monoisotopic (exact) mass is 317 g/mol. The molecular formula is C15H18F3NO3. The second-order valence-electron chi connectivity index (χ2n) is 5.20. The summed E-state index contributed by atoms with van der Waals surface area (Å²) in [6.45, 7) is 0.779. The van der Waals surface area contributed by atoms with Gasteiger partial charge in [0.25, 0.3) is 0 Å². The van der Waals surface area contributed by atoms with Crippen molar-refractivity contribution in [3.63, 3.8) is 0 Å². The number of carbonyl (C=O) groups is 1. The van der Waals surface area contributed by atoms with E-state index in [0.717, 1.165) is 12.1 Å². The Labute approximate surface area is 126 Å². The molecule has 1 heterocycles. The molecule has 1 aliphatic rings. The lowest BCUT2D eigenvalue weighted by Crippen LogP contribution is -2.48. The van der Waals surface area contributed by atoms with E-state index in [9.17, 15) is 18.0 Å². The van der Waals surface area contributed by atoms with Gasteiger partial charge >= 0.3 is 12.1 Å². The molecule has 0 bridgehead atoms. The number of nitrogens with one attached hydrogen (secondary N) is 1. The largest absolute Gasteiger partial charge is 0.468 e. The molecular weight excluding hydrogens is 299 g/mol. The Morgan fingerprint density at radius 2 is 2.05 bits per heavy atom. The average Bonchev–Trinajstić information content (AvgIpc) is 2.53. The molecule has 0 radical (unpaired) electrons. The number of carbonyl (C=O) groups excluding carboxylic acids is 1. The lowest BCUT2D eigenvalue weighted by molar-refractivity contribution is -0.140. The third-order valence-corrected chi connectivity index (χ3v) is 3.89. The summed E-state index contributed by atoms with van der Waals surface area (Å²) in [7, 11) is 1.27. The quantitative estimate of drug-likeness (QED) is 0.867. The highest BCUT2D eigenvalue weighted by atomic mass is 19.4. The third-order valence-electron chi connectivity index (χ3n) is 3.89. The number of rotatable bonds is 4. The molecule has 1 saturated heterocycles. The summed E-state index contributed by atoms with van der Waals surface area (Å²) in [5.41, 5.74) is -0.904. The topological polar surface area (TPSA) is 47.6 Å². The van der Waals surface area contributed by atoms with Crippen LogP contribution in [0, 0.1) is 0 Å². The van der Waals surface area contributed by atoms with Crippen molar-refractivity contribution in [3.8, 4) is 0 Å². The van der Waals surface area contributed by atoms with Crippen LogP contribution in [0.4, 0.5) is 13.2 Å². The van der Waals surface area contributed by atoms with E-state index in [1.807, 2.05) is 0 Å². The first kappa shape index (κ1) is 16.8. The summed E-state index contributed by atoms with van der Waals surface area (Å²) in [6.07, 6.45) is -3.42. The van der Waals surface area contributed by atoms with Gasteiger partial charge in [-0.1, -0.05) is 12.1 Å². The molecule has 1 aromatic rings. The molecule has 1 N–H and O–H groups in total. The Kier molecular flexibility index (Phi) is 5.08. The highest BCUT2D eigenvalue weighted by Crippen LogP contribution is 2.36. The maximum Gasteiger partial charge on any atom is 0.416 e. The molecule has 0 spiro atoms. The van der Waals surface area contributed by atoms with Crippen LogP contribution < -0.4 is 5.32 Å². The van der Waals surface area contributed by atoms with Gasteiger partial charge in [0.15, 0.2) is 0 Å². The zero-order chi connectivity index (χ0) is 16.2. The molecule has 0 aromatic heterocycles. The molecule has 1 aromatic carbocycles. The average molecular weight is 317 g/mol. The Morgan fingerprint density at radius 1 is 1.36 bits per heavy atom. The predicted octanol–water partition coefficient (Wildman–Crippen LogP) is 2.47. The third kappa shape index (κ3) is 3.78. The minimum Gasteiger partial charge on any atom is -0.468 e. The molecule has 7 heteroatoms. The van der Waals surface area contributed by atoms with Gasteiger partial charge in [-0.25, -0.2) is 0 Å². The lowest BCUT2D eigenvalue weighted by atomic mass is 9.82. The van der Waals surface area contributed by atoms with Crippen LogP contribution in [0.25, 0.3) is 0 Å². The minimum atomic E-state index is -4.40. The van der Waals surface area contributed by atoms with Crippen molar-refractivity contribution in [2.45, 2.75) is 24.6 Å². The van der Waals surface area contributed by atoms with Gasteiger partial charge in [0.1, 0.15) is 0 Å². The highest BCUT2D eigenvalue weighted by molar-refractivity contribution is 5.71. The van der Waals surface area contributed by atoms with Crippen molar-refractivity contribution in [2.24, 2.45) is 0 Å². The summed E-state index contributed by atoms with van der Waals surface area (Å²) in [4.78, 5) is 11.4. The van der Waals surface area contributed by atoms with Crippen LogP contribution in [0.15, 0.2) is 24.3 Å². The second kappa shape index (κ2) is 6.66. The van der Waals surface area contributed by atoms with Crippen molar-refractivity contribution in [2.75, 3.05) is 26.9 Å². The van der Waals surface area contributed by atoms with Crippen LogP contribution >= 0.6 is 0 Å². The molecule has 0 saturated carbocycles. The maximum absolute atomic E-state index is 12.9. The Balaban J connectivity index is 2.30. The van der Waals surface area contributed by atoms with E-state index in [1.54, 1.807) is 6.07 Å². The number of benzene rings is 1. The summed E-state index contributed by atoms with van der Waals surface area (Å²) in [5.74, 6) is -0.460. The van der Waals surface area contributed by atoms with E-state index in [4.69, 9.17) is 4.74 Å². The standard InChI is InChI=1S/C15H18F3NO3/c1-21-13(20)10-19-14(5-7-22-8-6-14)11-3-2-4-12(9-11)15(16,17)18/h2-4,9,19H,5-8,10H2,1H3. The summed E-state index contributed by atoms with van der Waals surface area (Å²) in [5, 5.41) is 3.06. The molecule has 122 valence electrons. The van der Waals surface area contributed by atoms with Crippen LogP contribution in [-0.4, -0.2) is 32.8 Å². The van der Waals surface area contributed by atoms with Crippen molar-refractivity contribution in [1.29, 1.82) is 0 Å². The van der Waals surface area contributed by atoms with E-state index in [1.165, 1.54) is 13.2 Å². The van der Waals surface area contributed by atoms with Crippen LogP contribution in [0.1, 0.15) is 24.0 Å². The number of alkyl halides is 3. The first-order chi connectivity index (χ1) is 10.4. The Bertz CT molecular complexity index is 525. The van der Waals surface area contributed by atoms with Gasteiger partial charge in [0.2, 0.25) is 0 Å². The van der Waals surface area contributed by atoms with Gasteiger partial charge in [-0.15, -0.1) is 0 Å². The molecule has 0 amide bonds. The van der Waals surface area contributed by atoms with Crippen molar-refractivity contribution in [1.82, 2.24) is 5.32 Å². The van der Waals surface area contributed by atoms with E-state index < -0.39 is 23.2 Å². The maximum atomic E-state index is 12.9. The second-order valence-corrected chi connectivity index (χ2v) is 5.20. The van der Waals surface area contributed by atoms with E-state index in [2.05, 4.69) is 10.1 Å². The molecule has 1 fully saturated rings. The fraction of sp³-hybridized carbons (Fsp3) is 0.533. The van der Waals surface area contributed by atoms with Crippen LogP contribution in [0.2, 0.25) is 0 Å². The number of esters is 1. The van der Waals surface area contributed by atoms with Crippen molar-refractivity contribution >= 4 is 5.97 Å². The van der Waals surface area contributed by atoms with Crippen LogP contribution in [0.3, 0.4) is 0 Å². The molecule has 0 unspecified atom stereocenters. The number of hydrogen-bond acceptors (Lipinski definition) is 4. The summed E-state index contributed by atoms with van der Waals surface area (Å²) >= 11 is 0. The molecule has 0 aliphatic carbocycles. The van der Waals surface area contributed by atoms with Gasteiger partial charge in [-0.05, 0) is 30.5 Å². The lowest BCUT2D eigenvalue weighted by Gasteiger charge is -2.38. The first-order valence-electron chi connectivity index (χ1n) is 6.95. The van der Waals surface area contributed by atoms with E-state index in [-0.39, 0.29) is 6.54 Å². The number of hydrogen-bond donors (Lipinski definition) is 1. The van der Waals surface area contributed by atoms with E-state index in [0.29, 0.717) is 31.6 Å². The fourth-order valence-corrected chi connectivity index (χ4v) is 2.59. The van der Waals surface area contributed by atoms with Gasteiger partial charge in [0, 0.05) is 18.8 Å². The van der Waals surface area contributed by atoms with Crippen LogP contribution in [0.5, 0.6) is 0 Å². The van der Waals surface area contributed by atoms with Gasteiger partial charge in [-0.3, -0.25) is 10.1 Å². The van der Waals surface area contributed by atoms with Gasteiger partial charge < -0.3 is 9.47 Å². The number of ether oxygens (including phenoxy) is 2. The zero-order valence-electron chi connectivity index (χ0n) is 12.2. The summed E-state index contributed by atoms with van der Waals surface area (Å²) in [6, 6.07) is 5.20. The zero-order valence-corrected chi connectivity index (χ0v) is 12.2. The normalized spacial score (nSPS) is 18.0. The van der Waals surface area contributed by atoms with Gasteiger partial charge in [0.05, 0.1) is 19.2 Å². The van der Waals surface area contributed by atoms with Gasteiger partial charge in [-0.2, -0.15) is 13.2 Å². The number of methoxy groups -OCH3 is 1. The first-order valence-corrected chi connectivity index (χ1v) is 6.95. The van der Waals surface area contributed by atoms with Crippen molar-refractivity contribution in [3.05, 3.63) is 35.4 Å². The minimum absolute atomic E-state index is 0.0628. The van der Waals surface area contributed by atoms with Crippen molar-refractivity contribution < 1.29 is 27.4 Å². The number of halogens is 3. The Morgan fingerprint density at radius 3 is 2.64 bits per heavy atom. The summed E-state index contributed by atoms with van der Waals surface area (Å²) < 4.78 is 48.6. The van der Waals surface area contributed by atoms with Crippen LogP contribution in [-0.2, 0) is 26.0 Å². The van der Waals surface area contributed by atoms with E-state index >= 15 is 0 Å². The Hall–Kier alpha value is -1.60. The molecule has 4 nitrogen and oxygen atoms in total. The fourth-order valence-electron chi connectivity index (χ4n) is 2.59. The molecule has 0 atom stereocenters. The molecule has 1 aliphatic heterocycles. The predicted molar refractivity (Wildman–Crippen MR) is 73.2 cm³/mol.